The average molecular weight is 1020 g/mol. The molecule has 0 aromatic heterocycles. The molecular weight excluding hydrogens is 1020 g/mol. The normalized spacial score (nSPS) is 0. The summed E-state index contributed by atoms with van der Waals surface area (Å²) in [6.07, 6.45) is 0. The second-order valence-electron chi connectivity index (χ2n) is 0. The number of hydrogen-bond acceptors (Lipinski definition) is 4. The maximum Gasteiger partial charge on any atom is 1.00 e. The molecule has 0 nitrogen and oxygen atoms in total. The third-order valence-corrected chi connectivity index (χ3v) is 0. The Kier molecular flexibility index (Phi) is 653. The molecule has 4 radical (unpaired) electrons. The van der Waals surface area contributed by atoms with E-state index in [9.17, 15) is 0 Å². The Morgan fingerprint density at radius 1 is 0.333 bits per heavy atom. The fourth-order valence-corrected chi connectivity index (χ4v) is 0. The molecule has 0 aliphatic carbocycles. The molecule has 0 aromatic carbocycles. The van der Waals surface area contributed by atoms with Gasteiger partial charge in [-0.2, -0.15) is 0 Å². The zero-order valence-corrected chi connectivity index (χ0v) is 28.2. The van der Waals surface area contributed by atoms with Gasteiger partial charge in [-0.05, 0) is 0 Å². The minimum absolute atomic E-state index is 0. The molecule has 0 aromatic rings. The SMILES string of the molecule is [Ge].[SH-].[SH-].[SH-].[SH-].[Tl+].[Tl+].[Tl+].[Tl+]. The van der Waals surface area contributed by atoms with E-state index in [-0.39, 0.29) is 181 Å². The summed E-state index contributed by atoms with van der Waals surface area (Å²) in [5.74, 6) is 0. The van der Waals surface area contributed by atoms with Gasteiger partial charge < -0.3 is 54.0 Å². The zero-order valence-electron chi connectivity index (χ0n) is 4.60. The van der Waals surface area contributed by atoms with Crippen molar-refractivity contribution in [3.05, 3.63) is 0 Å². The molecule has 44 valence electrons. The number of hydrogen-bond donors (Lipinski definition) is 0. The van der Waals surface area contributed by atoms with Gasteiger partial charge in [0.1, 0.15) is 0 Å². The second kappa shape index (κ2) is 68.6. The molecule has 0 atom stereocenters. The Morgan fingerprint density at radius 3 is 0.333 bits per heavy atom. The van der Waals surface area contributed by atoms with Crippen molar-refractivity contribution in [2.75, 3.05) is 0 Å². The number of thiol groups is 4. The zero-order chi connectivity index (χ0) is 0. The minimum Gasteiger partial charge on any atom is -0.813 e. The Hall–Kier alpha value is 5.63. The van der Waals surface area contributed by atoms with Gasteiger partial charge in [-0.1, -0.05) is 0 Å². The van der Waals surface area contributed by atoms with Crippen LogP contribution in [0.25, 0.3) is 0 Å². The first-order valence-electron chi connectivity index (χ1n) is 0. The molecule has 0 spiro atoms. The van der Waals surface area contributed by atoms with Crippen LogP contribution in [0.1, 0.15) is 0 Å². The molecule has 0 bridgehead atoms. The van der Waals surface area contributed by atoms with E-state index in [4.69, 9.17) is 0 Å². The maximum absolute atomic E-state index is 0. The van der Waals surface area contributed by atoms with Crippen molar-refractivity contribution in [1.29, 1.82) is 0 Å². The van der Waals surface area contributed by atoms with Crippen molar-refractivity contribution in [2.45, 2.75) is 0 Å². The molecule has 0 saturated heterocycles. The van der Waals surface area contributed by atoms with E-state index in [1.165, 1.54) is 0 Å². The summed E-state index contributed by atoms with van der Waals surface area (Å²) in [5, 5.41) is 0. The molecule has 0 heterocycles. The molecular formula is H4GeS4Tl4. The van der Waals surface area contributed by atoms with Gasteiger partial charge in [0.05, 0.1) is 0 Å². The Bertz CT molecular complexity index is 12.5. The molecule has 9 heavy (non-hydrogen) atoms. The van der Waals surface area contributed by atoms with Gasteiger partial charge >= 0.3 is 109 Å². The number of rotatable bonds is 0. The summed E-state index contributed by atoms with van der Waals surface area (Å²) in [5.41, 5.74) is 0. The summed E-state index contributed by atoms with van der Waals surface area (Å²) < 4.78 is 0. The summed E-state index contributed by atoms with van der Waals surface area (Å²) in [6, 6.07) is 0. The van der Waals surface area contributed by atoms with Gasteiger partial charge in [0, 0.05) is 17.6 Å². The van der Waals surface area contributed by atoms with Crippen molar-refractivity contribution in [2.24, 2.45) is 0 Å². The van der Waals surface area contributed by atoms with Crippen molar-refractivity contribution in [3.8, 4) is 0 Å². The Labute approximate surface area is 176 Å². The van der Waals surface area contributed by atoms with E-state index < -0.39 is 0 Å². The molecule has 0 rings (SSSR count). The van der Waals surface area contributed by atoms with Gasteiger partial charge in [-0.3, -0.25) is 0 Å². The fourth-order valence-electron chi connectivity index (χ4n) is 0. The maximum atomic E-state index is 0. The third-order valence-electron chi connectivity index (χ3n) is 0. The Balaban J connectivity index is 0. The molecule has 0 fully saturated rings. The van der Waals surface area contributed by atoms with Crippen LogP contribution in [0.15, 0.2) is 0 Å². The summed E-state index contributed by atoms with van der Waals surface area (Å²) in [7, 11) is 0. The predicted molar refractivity (Wildman–Crippen MR) is 63.8 cm³/mol. The van der Waals surface area contributed by atoms with Crippen molar-refractivity contribution < 1.29 is 0 Å². The van der Waals surface area contributed by atoms with Gasteiger partial charge in [-0.15, -0.1) is 0 Å². The standard InChI is InChI=1S/Ge.4H2S.4Tl/h;4*1H2;;;;/q;;;;;4*+1/p-4. The van der Waals surface area contributed by atoms with Crippen LogP contribution in [0.2, 0.25) is 0 Å². The van der Waals surface area contributed by atoms with Gasteiger partial charge in [-0.25, -0.2) is 0 Å². The van der Waals surface area contributed by atoms with Crippen LogP contribution in [-0.2, 0) is 54.0 Å². The average Bonchev–Trinajstić information content (AvgIpc) is 0. The van der Waals surface area contributed by atoms with E-state index in [1.54, 1.807) is 0 Å². The Morgan fingerprint density at radius 2 is 0.333 bits per heavy atom. The van der Waals surface area contributed by atoms with E-state index in [0.29, 0.717) is 0 Å². The van der Waals surface area contributed by atoms with Crippen molar-refractivity contribution >= 4 is 181 Å². The van der Waals surface area contributed by atoms with Crippen LogP contribution in [0.5, 0.6) is 0 Å². The van der Waals surface area contributed by atoms with E-state index in [1.807, 2.05) is 0 Å². The predicted octanol–water partition coefficient (Wildman–Crippen LogP) is -2.98. The van der Waals surface area contributed by atoms with Crippen LogP contribution >= 0.6 is 0 Å². The summed E-state index contributed by atoms with van der Waals surface area (Å²) in [4.78, 5) is 0. The van der Waals surface area contributed by atoms with Crippen molar-refractivity contribution in [3.63, 3.8) is 0 Å². The minimum atomic E-state index is 0. The van der Waals surface area contributed by atoms with Crippen molar-refractivity contribution in [1.82, 2.24) is 0 Å². The largest absolute Gasteiger partial charge is 1.00 e. The summed E-state index contributed by atoms with van der Waals surface area (Å²) in [6.45, 7) is 0. The molecule has 0 aliphatic heterocycles. The van der Waals surface area contributed by atoms with Gasteiger partial charge in [0.15, 0.2) is 0 Å². The van der Waals surface area contributed by atoms with Crippen LogP contribution in [0, 0.1) is 0 Å². The first kappa shape index (κ1) is 85.7. The first-order valence-corrected chi connectivity index (χ1v) is 0. The molecule has 0 unspecified atom stereocenters. The molecule has 0 N–H and O–H groups in total. The summed E-state index contributed by atoms with van der Waals surface area (Å²) >= 11 is 0. The van der Waals surface area contributed by atoms with Crippen LogP contribution in [0.3, 0.4) is 0 Å². The second-order valence-corrected chi connectivity index (χ2v) is 0. The van der Waals surface area contributed by atoms with E-state index in [2.05, 4.69) is 0 Å². The van der Waals surface area contributed by atoms with Crippen LogP contribution in [-0.4, -0.2) is 127 Å². The fraction of sp³-hybridized carbons (Fsp3) is 0. The smallest absolute Gasteiger partial charge is 0.813 e. The van der Waals surface area contributed by atoms with Gasteiger partial charge in [0.2, 0.25) is 0 Å². The van der Waals surface area contributed by atoms with Gasteiger partial charge in [0.25, 0.3) is 0 Å². The molecule has 0 saturated carbocycles. The topological polar surface area (TPSA) is 0 Å². The first-order chi connectivity index (χ1) is 0. The molecule has 0 aliphatic rings. The van der Waals surface area contributed by atoms with E-state index >= 15 is 0 Å². The van der Waals surface area contributed by atoms with Crippen LogP contribution < -0.4 is 0 Å². The third kappa shape index (κ3) is 58.2. The van der Waals surface area contributed by atoms with Crippen LogP contribution in [0.4, 0.5) is 0 Å². The molecule has 9 heteroatoms. The molecule has 0 amide bonds. The monoisotopic (exact) mass is 1030 g/mol. The quantitative estimate of drug-likeness (QED) is 0.145. The van der Waals surface area contributed by atoms with E-state index in [0.717, 1.165) is 0 Å².